The van der Waals surface area contributed by atoms with Crippen LogP contribution in [0.4, 0.5) is 5.69 Å². The summed E-state index contributed by atoms with van der Waals surface area (Å²) >= 11 is 0. The van der Waals surface area contributed by atoms with Crippen LogP contribution < -0.4 is 5.73 Å². The minimum Gasteiger partial charge on any atom is -0.399 e. The van der Waals surface area contributed by atoms with Crippen LogP contribution in [-0.4, -0.2) is 8.42 Å². The van der Waals surface area contributed by atoms with Crippen molar-refractivity contribution in [3.63, 3.8) is 0 Å². The molecule has 2 N–H and O–H groups in total. The van der Waals surface area contributed by atoms with Gasteiger partial charge in [-0.2, -0.15) is 0 Å². The molecule has 0 bridgehead atoms. The highest BCUT2D eigenvalue weighted by atomic mass is 32.2. The summed E-state index contributed by atoms with van der Waals surface area (Å²) in [4.78, 5) is 0.340. The van der Waals surface area contributed by atoms with Gasteiger partial charge in [0.25, 0.3) is 0 Å². The number of anilines is 1. The van der Waals surface area contributed by atoms with Gasteiger partial charge in [0.1, 0.15) is 0 Å². The molecule has 0 aliphatic heterocycles. The quantitative estimate of drug-likeness (QED) is 0.568. The zero-order chi connectivity index (χ0) is 9.84. The Morgan fingerprint density at radius 3 is 2.62 bits per heavy atom. The summed E-state index contributed by atoms with van der Waals surface area (Å²) in [5, 5.41) is 0. The molecule has 0 aliphatic rings. The van der Waals surface area contributed by atoms with Crippen LogP contribution in [0.1, 0.15) is 18.9 Å². The maximum absolute atomic E-state index is 10.7. The molecule has 0 radical (unpaired) electrons. The highest BCUT2D eigenvalue weighted by molar-refractivity contribution is 7.72. The van der Waals surface area contributed by atoms with Gasteiger partial charge >= 0.3 is 0 Å². The molecule has 4 heteroatoms. The van der Waals surface area contributed by atoms with Crippen molar-refractivity contribution in [1.82, 2.24) is 0 Å². The molecule has 72 valence electrons. The van der Waals surface area contributed by atoms with Crippen molar-refractivity contribution in [2.24, 2.45) is 0 Å². The lowest BCUT2D eigenvalue weighted by Crippen LogP contribution is -1.95. The van der Waals surface area contributed by atoms with Crippen LogP contribution in [0.15, 0.2) is 23.1 Å². The fourth-order valence-electron chi connectivity index (χ4n) is 1.19. The summed E-state index contributed by atoms with van der Waals surface area (Å²) in [5.41, 5.74) is 7.26. The minimum atomic E-state index is -2.49. The number of nitrogen functional groups attached to an aromatic ring is 1. The number of aryl methyl sites for hydroxylation is 1. The van der Waals surface area contributed by atoms with E-state index < -0.39 is 10.7 Å². The van der Waals surface area contributed by atoms with Crippen molar-refractivity contribution in [3.05, 3.63) is 23.8 Å². The SMILES string of the molecule is CCCc1cc([SH](=O)=O)ccc1N. The Morgan fingerprint density at radius 1 is 1.38 bits per heavy atom. The molecule has 0 spiro atoms. The molecule has 0 unspecified atom stereocenters. The van der Waals surface area contributed by atoms with E-state index >= 15 is 0 Å². The molecule has 0 saturated heterocycles. The second-order valence-corrected chi connectivity index (χ2v) is 3.92. The highest BCUT2D eigenvalue weighted by Crippen LogP contribution is 2.16. The van der Waals surface area contributed by atoms with E-state index in [-0.39, 0.29) is 0 Å². The van der Waals surface area contributed by atoms with Gasteiger partial charge in [-0.15, -0.1) is 0 Å². The van der Waals surface area contributed by atoms with Crippen molar-refractivity contribution in [2.45, 2.75) is 24.7 Å². The van der Waals surface area contributed by atoms with Crippen LogP contribution >= 0.6 is 0 Å². The third-order valence-electron chi connectivity index (χ3n) is 1.86. The standard InChI is InChI=1S/C9H13NO2S/c1-2-3-7-6-8(13(11)12)4-5-9(7)10/h4-6,13H,2-3,10H2,1H3. The van der Waals surface area contributed by atoms with Crippen LogP contribution in [0.3, 0.4) is 0 Å². The summed E-state index contributed by atoms with van der Waals surface area (Å²) in [6, 6.07) is 4.82. The molecular weight excluding hydrogens is 186 g/mol. The Morgan fingerprint density at radius 2 is 2.08 bits per heavy atom. The topological polar surface area (TPSA) is 60.2 Å². The average molecular weight is 199 g/mol. The average Bonchev–Trinajstić information content (AvgIpc) is 2.08. The van der Waals surface area contributed by atoms with Crippen molar-refractivity contribution in [1.29, 1.82) is 0 Å². The fourth-order valence-corrected chi connectivity index (χ4v) is 1.65. The first-order chi connectivity index (χ1) is 6.15. The molecule has 0 aliphatic carbocycles. The Kier molecular flexibility index (Phi) is 3.31. The number of thiol groups is 1. The van der Waals surface area contributed by atoms with E-state index in [1.54, 1.807) is 12.1 Å². The minimum absolute atomic E-state index is 0.340. The molecule has 1 aromatic rings. The Hall–Kier alpha value is -1.03. The summed E-state index contributed by atoms with van der Waals surface area (Å²) in [6.07, 6.45) is 1.78. The first-order valence-electron chi connectivity index (χ1n) is 4.18. The normalized spacial score (nSPS) is 10.6. The number of rotatable bonds is 3. The maximum Gasteiger partial charge on any atom is 0.168 e. The lowest BCUT2D eigenvalue weighted by molar-refractivity contribution is 0.614. The molecule has 0 amide bonds. The Bertz CT molecular complexity index is 364. The molecule has 0 saturated carbocycles. The molecule has 0 heterocycles. The van der Waals surface area contributed by atoms with E-state index in [2.05, 4.69) is 0 Å². The molecular formula is C9H13NO2S. The highest BCUT2D eigenvalue weighted by Gasteiger charge is 2.01. The Labute approximate surface area is 79.5 Å². The van der Waals surface area contributed by atoms with Gasteiger partial charge in [-0.1, -0.05) is 13.3 Å². The van der Waals surface area contributed by atoms with E-state index in [4.69, 9.17) is 5.73 Å². The zero-order valence-corrected chi connectivity index (χ0v) is 8.38. The second kappa shape index (κ2) is 4.28. The van der Waals surface area contributed by atoms with Crippen molar-refractivity contribution < 1.29 is 8.42 Å². The third-order valence-corrected chi connectivity index (χ3v) is 2.56. The largest absolute Gasteiger partial charge is 0.399 e. The lowest BCUT2D eigenvalue weighted by atomic mass is 10.1. The van der Waals surface area contributed by atoms with Gasteiger partial charge in [0.15, 0.2) is 10.7 Å². The van der Waals surface area contributed by atoms with Gasteiger partial charge in [0.2, 0.25) is 0 Å². The molecule has 3 nitrogen and oxygen atoms in total. The van der Waals surface area contributed by atoms with E-state index in [1.807, 2.05) is 6.92 Å². The molecule has 1 rings (SSSR count). The summed E-state index contributed by atoms with van der Waals surface area (Å²) < 4.78 is 21.3. The molecule has 0 aromatic heterocycles. The van der Waals surface area contributed by atoms with Crippen LogP contribution in [0.2, 0.25) is 0 Å². The molecule has 0 fully saturated rings. The summed E-state index contributed by atoms with van der Waals surface area (Å²) in [6.45, 7) is 2.03. The van der Waals surface area contributed by atoms with Crippen molar-refractivity contribution >= 4 is 16.4 Å². The first-order valence-corrected chi connectivity index (χ1v) is 5.35. The second-order valence-electron chi connectivity index (χ2n) is 2.89. The molecule has 1 aromatic carbocycles. The predicted molar refractivity (Wildman–Crippen MR) is 53.4 cm³/mol. The number of hydrogen-bond donors (Lipinski definition) is 2. The van der Waals surface area contributed by atoms with E-state index in [0.29, 0.717) is 10.6 Å². The maximum atomic E-state index is 10.7. The summed E-state index contributed by atoms with van der Waals surface area (Å²) in [7, 11) is -2.49. The molecule has 0 atom stereocenters. The summed E-state index contributed by atoms with van der Waals surface area (Å²) in [5.74, 6) is 0. The molecule has 13 heavy (non-hydrogen) atoms. The zero-order valence-electron chi connectivity index (χ0n) is 7.49. The van der Waals surface area contributed by atoms with E-state index in [0.717, 1.165) is 18.4 Å². The van der Waals surface area contributed by atoms with Gasteiger partial charge < -0.3 is 5.73 Å². The van der Waals surface area contributed by atoms with Gasteiger partial charge in [-0.25, -0.2) is 8.42 Å². The number of nitrogens with two attached hydrogens (primary N) is 1. The van der Waals surface area contributed by atoms with Gasteiger partial charge in [-0.3, -0.25) is 0 Å². The van der Waals surface area contributed by atoms with Crippen molar-refractivity contribution in [3.8, 4) is 0 Å². The number of benzene rings is 1. The van der Waals surface area contributed by atoms with Crippen LogP contribution in [0.25, 0.3) is 0 Å². The van der Waals surface area contributed by atoms with Gasteiger partial charge in [-0.05, 0) is 30.2 Å². The van der Waals surface area contributed by atoms with Crippen LogP contribution in [0, 0.1) is 0 Å². The van der Waals surface area contributed by atoms with Gasteiger partial charge in [0, 0.05) is 5.69 Å². The van der Waals surface area contributed by atoms with Crippen LogP contribution in [-0.2, 0) is 17.1 Å². The van der Waals surface area contributed by atoms with Crippen LogP contribution in [0.5, 0.6) is 0 Å². The first kappa shape index (κ1) is 10.1. The fraction of sp³-hybridized carbons (Fsp3) is 0.333. The predicted octanol–water partition coefficient (Wildman–Crippen LogP) is 1.19. The lowest BCUT2D eigenvalue weighted by Gasteiger charge is -2.03. The monoisotopic (exact) mass is 199 g/mol. The number of hydrogen-bond acceptors (Lipinski definition) is 3. The smallest absolute Gasteiger partial charge is 0.168 e. The van der Waals surface area contributed by atoms with E-state index in [9.17, 15) is 8.42 Å². The van der Waals surface area contributed by atoms with Crippen molar-refractivity contribution in [2.75, 3.05) is 5.73 Å². The third kappa shape index (κ3) is 2.45. The van der Waals surface area contributed by atoms with Gasteiger partial charge in [0.05, 0.1) is 4.90 Å². The Balaban J connectivity index is 3.11. The van der Waals surface area contributed by atoms with E-state index in [1.165, 1.54) is 6.07 Å².